The van der Waals surface area contributed by atoms with Crippen LogP contribution < -0.4 is 15.3 Å². The summed E-state index contributed by atoms with van der Waals surface area (Å²) in [5.74, 6) is 4.17. The number of alkyl halides is 3. The molecule has 0 bridgehead atoms. The van der Waals surface area contributed by atoms with Crippen molar-refractivity contribution in [3.05, 3.63) is 53.7 Å². The molecule has 140 valence electrons. The van der Waals surface area contributed by atoms with Gasteiger partial charge < -0.3 is 19.8 Å². The maximum absolute atomic E-state index is 12.1. The first-order valence-corrected chi connectivity index (χ1v) is 7.38. The minimum atomic E-state index is -4.76. The monoisotopic (exact) mass is 380 g/mol. The lowest BCUT2D eigenvalue weighted by Crippen LogP contribution is -2.16. The van der Waals surface area contributed by atoms with Crippen LogP contribution in [0.5, 0.6) is 11.5 Å². The van der Waals surface area contributed by atoms with E-state index in [1.165, 1.54) is 24.3 Å². The Bertz CT molecular complexity index is 983. The summed E-state index contributed by atoms with van der Waals surface area (Å²) in [6.07, 6.45) is -4.76. The number of benzene rings is 2. The van der Waals surface area contributed by atoms with Crippen LogP contribution in [0.15, 0.2) is 57.3 Å². The van der Waals surface area contributed by atoms with E-state index in [4.69, 9.17) is 15.1 Å². The quantitative estimate of drug-likeness (QED) is 0.410. The molecule has 0 aliphatic rings. The molecule has 3 aromatic rings. The molecule has 0 fully saturated rings. The third-order valence-electron chi connectivity index (χ3n) is 3.38. The van der Waals surface area contributed by atoms with Crippen molar-refractivity contribution in [2.75, 3.05) is 0 Å². The second-order valence-electron chi connectivity index (χ2n) is 5.17. The molecule has 2 N–H and O–H groups in total. The van der Waals surface area contributed by atoms with E-state index in [1.54, 1.807) is 6.07 Å². The van der Waals surface area contributed by atoms with Crippen molar-refractivity contribution < 1.29 is 32.0 Å². The largest absolute Gasteiger partial charge is 0.573 e. The molecule has 0 unspecified atom stereocenters. The number of aromatic nitrogens is 1. The number of nitrogens with zero attached hydrogens (tertiary/aromatic N) is 3. The summed E-state index contributed by atoms with van der Waals surface area (Å²) in [7, 11) is 0. The minimum absolute atomic E-state index is 0.00226. The first kappa shape index (κ1) is 18.2. The number of ether oxygens (including phenoxy) is 2. The Hall–Kier alpha value is -3.63. The van der Waals surface area contributed by atoms with Crippen molar-refractivity contribution >= 4 is 16.9 Å². The summed E-state index contributed by atoms with van der Waals surface area (Å²) in [6, 6.07) is 9.47. The van der Waals surface area contributed by atoms with Crippen molar-refractivity contribution in [3.8, 4) is 11.5 Å². The standard InChI is InChI=1S/C16H11F3N4O4/c17-16(18,19)26-11-4-2-10(3-5-11)25-8-13-12-6-1-9(15(24)21-23-20)7-14(12)27-22-13/h1-7H,8H2,(H2,20,21,24). The summed E-state index contributed by atoms with van der Waals surface area (Å²) in [4.78, 5) is 11.6. The molecule has 1 heterocycles. The molecule has 0 aliphatic heterocycles. The molecule has 8 nitrogen and oxygen atoms in total. The van der Waals surface area contributed by atoms with E-state index < -0.39 is 12.3 Å². The Morgan fingerprint density at radius 1 is 1.15 bits per heavy atom. The smallest absolute Gasteiger partial charge is 0.487 e. The zero-order valence-corrected chi connectivity index (χ0v) is 13.4. The highest BCUT2D eigenvalue weighted by Crippen LogP contribution is 2.26. The number of halogens is 3. The molecule has 3 rings (SSSR count). The van der Waals surface area contributed by atoms with Gasteiger partial charge in [0, 0.05) is 10.9 Å². The maximum atomic E-state index is 12.1. The highest BCUT2D eigenvalue weighted by atomic mass is 19.4. The number of nitrogens with two attached hydrogens (primary N) is 1. The second-order valence-corrected chi connectivity index (χ2v) is 5.17. The van der Waals surface area contributed by atoms with Gasteiger partial charge in [0.1, 0.15) is 23.8 Å². The lowest BCUT2D eigenvalue weighted by molar-refractivity contribution is -0.274. The summed E-state index contributed by atoms with van der Waals surface area (Å²) >= 11 is 0. The summed E-state index contributed by atoms with van der Waals surface area (Å²) < 4.78 is 50.8. The van der Waals surface area contributed by atoms with Crippen LogP contribution in [0.4, 0.5) is 13.2 Å². The van der Waals surface area contributed by atoms with Crippen LogP contribution in [-0.2, 0) is 6.61 Å². The van der Waals surface area contributed by atoms with Gasteiger partial charge in [0.15, 0.2) is 5.58 Å². The molecule has 0 saturated carbocycles. The summed E-state index contributed by atoms with van der Waals surface area (Å²) in [6.45, 7) is 0.00226. The number of hydrogen-bond donors (Lipinski definition) is 1. The lowest BCUT2D eigenvalue weighted by Gasteiger charge is -2.09. The van der Waals surface area contributed by atoms with Gasteiger partial charge in [0.2, 0.25) is 0 Å². The van der Waals surface area contributed by atoms with Crippen LogP contribution in [0, 0.1) is 0 Å². The van der Waals surface area contributed by atoms with Gasteiger partial charge in [-0.1, -0.05) is 15.5 Å². The zero-order valence-electron chi connectivity index (χ0n) is 13.4. The number of rotatable bonds is 5. The molecule has 0 spiro atoms. The normalized spacial score (nSPS) is 11.8. The Kier molecular flexibility index (Phi) is 4.92. The topological polar surface area (TPSA) is 112 Å². The Morgan fingerprint density at radius 3 is 2.52 bits per heavy atom. The van der Waals surface area contributed by atoms with Crippen LogP contribution in [-0.4, -0.2) is 17.4 Å². The van der Waals surface area contributed by atoms with E-state index in [1.807, 2.05) is 0 Å². The van der Waals surface area contributed by atoms with Crippen molar-refractivity contribution in [1.82, 2.24) is 5.16 Å². The lowest BCUT2D eigenvalue weighted by atomic mass is 10.1. The van der Waals surface area contributed by atoms with Crippen LogP contribution in [0.2, 0.25) is 0 Å². The van der Waals surface area contributed by atoms with Gasteiger partial charge in [-0.3, -0.25) is 4.79 Å². The number of carbonyl (C=O) groups is 1. The van der Waals surface area contributed by atoms with E-state index in [2.05, 4.69) is 20.2 Å². The molecule has 11 heteroatoms. The maximum Gasteiger partial charge on any atom is 0.573 e. The van der Waals surface area contributed by atoms with Crippen molar-refractivity contribution in [2.24, 2.45) is 16.2 Å². The number of carbonyl (C=O) groups excluding carboxylic acids is 1. The van der Waals surface area contributed by atoms with E-state index in [0.717, 1.165) is 12.1 Å². The number of amides is 1. The molecule has 0 atom stereocenters. The predicted octanol–water partition coefficient (Wildman–Crippen LogP) is 3.77. The first-order valence-electron chi connectivity index (χ1n) is 7.38. The fraction of sp³-hybridized carbons (Fsp3) is 0.125. The van der Waals surface area contributed by atoms with Gasteiger partial charge in [0.25, 0.3) is 5.91 Å². The van der Waals surface area contributed by atoms with Crippen LogP contribution in [0.1, 0.15) is 16.1 Å². The molecule has 2 aromatic carbocycles. The average Bonchev–Trinajstić information content (AvgIpc) is 3.02. The van der Waals surface area contributed by atoms with Crippen molar-refractivity contribution in [2.45, 2.75) is 13.0 Å². The van der Waals surface area contributed by atoms with Crippen LogP contribution >= 0.6 is 0 Å². The first-order chi connectivity index (χ1) is 12.9. The molecule has 27 heavy (non-hydrogen) atoms. The van der Waals surface area contributed by atoms with Crippen LogP contribution in [0.25, 0.3) is 11.0 Å². The third-order valence-corrected chi connectivity index (χ3v) is 3.38. The van der Waals surface area contributed by atoms with Gasteiger partial charge in [-0.25, -0.2) is 0 Å². The Balaban J connectivity index is 1.69. The Labute approximate surface area is 149 Å². The van der Waals surface area contributed by atoms with Gasteiger partial charge >= 0.3 is 6.36 Å². The molecule has 0 aliphatic carbocycles. The van der Waals surface area contributed by atoms with Crippen molar-refractivity contribution in [3.63, 3.8) is 0 Å². The molecular weight excluding hydrogens is 369 g/mol. The van der Waals surface area contributed by atoms with E-state index in [-0.39, 0.29) is 17.9 Å². The summed E-state index contributed by atoms with van der Waals surface area (Å²) in [5.41, 5.74) is 1.00. The molecular formula is C16H11F3N4O4. The van der Waals surface area contributed by atoms with Gasteiger partial charge in [-0.05, 0) is 42.5 Å². The van der Waals surface area contributed by atoms with Gasteiger partial charge in [0.05, 0.1) is 0 Å². The van der Waals surface area contributed by atoms with Crippen LogP contribution in [0.3, 0.4) is 0 Å². The van der Waals surface area contributed by atoms with E-state index in [0.29, 0.717) is 22.4 Å². The second kappa shape index (κ2) is 7.32. The predicted molar refractivity (Wildman–Crippen MR) is 84.8 cm³/mol. The Morgan fingerprint density at radius 2 is 1.85 bits per heavy atom. The SMILES string of the molecule is NN=NC(=O)c1ccc2c(COc3ccc(OC(F)(F)F)cc3)noc2c1. The molecule has 1 aromatic heterocycles. The third kappa shape index (κ3) is 4.51. The highest BCUT2D eigenvalue weighted by molar-refractivity contribution is 5.98. The van der Waals surface area contributed by atoms with Crippen molar-refractivity contribution in [1.29, 1.82) is 0 Å². The number of fused-ring (bicyclic) bond motifs is 1. The molecule has 0 radical (unpaired) electrons. The minimum Gasteiger partial charge on any atom is -0.487 e. The van der Waals surface area contributed by atoms with E-state index in [9.17, 15) is 18.0 Å². The fourth-order valence-electron chi connectivity index (χ4n) is 2.23. The fourth-order valence-corrected chi connectivity index (χ4v) is 2.23. The molecule has 1 amide bonds. The molecule has 0 saturated heterocycles. The highest BCUT2D eigenvalue weighted by Gasteiger charge is 2.31. The number of hydrogen-bond acceptors (Lipinski definition) is 6. The average molecular weight is 380 g/mol. The van der Waals surface area contributed by atoms with E-state index >= 15 is 0 Å². The van der Waals surface area contributed by atoms with Gasteiger partial charge in [-0.15, -0.1) is 13.2 Å². The van der Waals surface area contributed by atoms with Gasteiger partial charge in [-0.2, -0.15) is 0 Å². The summed E-state index contributed by atoms with van der Waals surface area (Å²) in [5, 5.41) is 10.6. The zero-order chi connectivity index (χ0) is 19.4.